The van der Waals surface area contributed by atoms with Crippen LogP contribution in [0.1, 0.15) is 38.8 Å². The molecule has 0 bridgehead atoms. The molecule has 0 N–H and O–H groups in total. The Morgan fingerprint density at radius 3 is 2.94 bits per heavy atom. The van der Waals surface area contributed by atoms with E-state index in [1.807, 2.05) is 10.9 Å². The Morgan fingerprint density at radius 1 is 1.44 bits per heavy atom. The molecule has 0 atom stereocenters. The molecule has 0 aliphatic heterocycles. The molecule has 1 aromatic rings. The lowest BCUT2D eigenvalue weighted by Gasteiger charge is -2.06. The smallest absolute Gasteiger partial charge is 0.0725 e. The summed E-state index contributed by atoms with van der Waals surface area (Å²) in [5.74, 6) is 1.82. The maximum absolute atomic E-state index is 4.14. The number of hydrogen-bond acceptors (Lipinski definition) is 4. The Balaban J connectivity index is 2.27. The molecular weight excluding hydrogens is 238 g/mol. The quantitative estimate of drug-likeness (QED) is 0.442. The van der Waals surface area contributed by atoms with E-state index < -0.39 is 0 Å². The van der Waals surface area contributed by atoms with Gasteiger partial charge in [-0.2, -0.15) is 0 Å². The molecule has 0 spiro atoms. The van der Waals surface area contributed by atoms with Crippen molar-refractivity contribution in [1.29, 1.82) is 0 Å². The lowest BCUT2D eigenvalue weighted by Crippen LogP contribution is -2.06. The molecule has 0 aliphatic rings. The molecular formula is C11H21N3S2. The number of rotatable bonds is 8. The van der Waals surface area contributed by atoms with Crippen LogP contribution in [0.15, 0.2) is 6.20 Å². The first-order valence-corrected chi connectivity index (χ1v) is 7.91. The van der Waals surface area contributed by atoms with Crippen LogP contribution < -0.4 is 0 Å². The number of thiol groups is 1. The lowest BCUT2D eigenvalue weighted by molar-refractivity contribution is 0.478. The monoisotopic (exact) mass is 259 g/mol. The molecule has 0 saturated heterocycles. The fourth-order valence-corrected chi connectivity index (χ4v) is 2.20. The maximum atomic E-state index is 4.14. The van der Waals surface area contributed by atoms with E-state index in [4.69, 9.17) is 0 Å². The van der Waals surface area contributed by atoms with Crippen molar-refractivity contribution in [3.05, 3.63) is 11.9 Å². The number of aryl methyl sites for hydroxylation is 2. The first-order valence-electron chi connectivity index (χ1n) is 5.87. The molecule has 0 amide bonds. The normalized spacial score (nSPS) is 11.2. The summed E-state index contributed by atoms with van der Waals surface area (Å²) in [6.45, 7) is 5.54. The van der Waals surface area contributed by atoms with Crippen molar-refractivity contribution in [3.8, 4) is 0 Å². The third kappa shape index (κ3) is 5.25. The maximum Gasteiger partial charge on any atom is 0.0725 e. The van der Waals surface area contributed by atoms with Crippen molar-refractivity contribution >= 4 is 22.5 Å². The van der Waals surface area contributed by atoms with Crippen LogP contribution in [0, 0.1) is 5.92 Å². The predicted molar refractivity (Wildman–Crippen MR) is 73.9 cm³/mol. The van der Waals surface area contributed by atoms with Crippen LogP contribution in [0.4, 0.5) is 0 Å². The van der Waals surface area contributed by atoms with Crippen molar-refractivity contribution < 1.29 is 0 Å². The highest BCUT2D eigenvalue weighted by molar-refractivity contribution is 8.68. The molecule has 0 aliphatic carbocycles. The van der Waals surface area contributed by atoms with E-state index in [9.17, 15) is 0 Å². The predicted octanol–water partition coefficient (Wildman–Crippen LogP) is 3.22. The van der Waals surface area contributed by atoms with Crippen molar-refractivity contribution in [2.24, 2.45) is 5.92 Å². The standard InChI is InChI=1S/C11H21N3S2/c1-10(2)5-3-4-7-14-11(6-8-16-15)9-12-13-14/h9-10,15H,3-8H2,1-2H3. The first kappa shape index (κ1) is 13.9. The zero-order valence-electron chi connectivity index (χ0n) is 10.1. The summed E-state index contributed by atoms with van der Waals surface area (Å²) < 4.78 is 2.03. The van der Waals surface area contributed by atoms with E-state index in [1.54, 1.807) is 10.8 Å². The Morgan fingerprint density at radius 2 is 2.25 bits per heavy atom. The van der Waals surface area contributed by atoms with Crippen LogP contribution in [-0.4, -0.2) is 20.7 Å². The van der Waals surface area contributed by atoms with E-state index in [0.717, 1.165) is 24.6 Å². The van der Waals surface area contributed by atoms with Crippen LogP contribution in [0.25, 0.3) is 0 Å². The van der Waals surface area contributed by atoms with Gasteiger partial charge in [-0.15, -0.1) is 16.8 Å². The van der Waals surface area contributed by atoms with E-state index in [1.165, 1.54) is 25.0 Å². The second kappa shape index (κ2) is 8.01. The van der Waals surface area contributed by atoms with Gasteiger partial charge in [-0.1, -0.05) is 42.7 Å². The second-order valence-electron chi connectivity index (χ2n) is 4.42. The van der Waals surface area contributed by atoms with E-state index >= 15 is 0 Å². The molecule has 0 radical (unpaired) electrons. The van der Waals surface area contributed by atoms with Crippen LogP contribution in [0.3, 0.4) is 0 Å². The Hall–Kier alpha value is -0.160. The molecule has 1 rings (SSSR count). The van der Waals surface area contributed by atoms with Gasteiger partial charge >= 0.3 is 0 Å². The molecule has 92 valence electrons. The van der Waals surface area contributed by atoms with Crippen LogP contribution in [0.2, 0.25) is 0 Å². The van der Waals surface area contributed by atoms with Gasteiger partial charge < -0.3 is 0 Å². The minimum Gasteiger partial charge on any atom is -0.249 e. The zero-order chi connectivity index (χ0) is 11.8. The van der Waals surface area contributed by atoms with E-state index in [2.05, 4.69) is 35.8 Å². The average Bonchev–Trinajstić information content (AvgIpc) is 2.69. The summed E-state index contributed by atoms with van der Waals surface area (Å²) in [6.07, 6.45) is 6.65. The van der Waals surface area contributed by atoms with Crippen molar-refractivity contribution in [2.45, 2.75) is 46.1 Å². The summed E-state index contributed by atoms with van der Waals surface area (Å²) in [7, 11) is 1.57. The summed E-state index contributed by atoms with van der Waals surface area (Å²) in [5.41, 5.74) is 1.23. The Kier molecular flexibility index (Phi) is 6.96. The van der Waals surface area contributed by atoms with Gasteiger partial charge in [0.15, 0.2) is 0 Å². The summed E-state index contributed by atoms with van der Waals surface area (Å²) in [5, 5.41) is 8.09. The van der Waals surface area contributed by atoms with Crippen molar-refractivity contribution in [1.82, 2.24) is 15.0 Å². The largest absolute Gasteiger partial charge is 0.249 e. The third-order valence-electron chi connectivity index (χ3n) is 2.55. The van der Waals surface area contributed by atoms with Crippen molar-refractivity contribution in [2.75, 3.05) is 5.75 Å². The molecule has 1 aromatic heterocycles. The van der Waals surface area contributed by atoms with E-state index in [-0.39, 0.29) is 0 Å². The first-order chi connectivity index (χ1) is 7.74. The molecule has 5 heteroatoms. The molecule has 1 heterocycles. The van der Waals surface area contributed by atoms with Gasteiger partial charge in [-0.05, 0) is 12.3 Å². The van der Waals surface area contributed by atoms with Gasteiger partial charge in [-0.3, -0.25) is 0 Å². The number of unbranched alkanes of at least 4 members (excludes halogenated alkanes) is 1. The zero-order valence-corrected chi connectivity index (χ0v) is 11.8. The van der Waals surface area contributed by atoms with Gasteiger partial charge in [-0.25, -0.2) is 4.68 Å². The number of nitrogens with zero attached hydrogens (tertiary/aromatic N) is 3. The van der Waals surface area contributed by atoms with Crippen LogP contribution in [-0.2, 0) is 13.0 Å². The highest BCUT2D eigenvalue weighted by Crippen LogP contribution is 2.11. The molecule has 0 fully saturated rings. The highest BCUT2D eigenvalue weighted by Gasteiger charge is 2.03. The molecule has 0 aromatic carbocycles. The summed E-state index contributed by atoms with van der Waals surface area (Å²) >= 11 is 4.14. The number of hydrogen-bond donors (Lipinski definition) is 1. The van der Waals surface area contributed by atoms with Gasteiger partial charge in [0, 0.05) is 18.7 Å². The average molecular weight is 259 g/mol. The summed E-state index contributed by atoms with van der Waals surface area (Å²) in [6, 6.07) is 0. The minimum absolute atomic E-state index is 0.802. The Bertz CT molecular complexity index is 287. The van der Waals surface area contributed by atoms with Crippen LogP contribution >= 0.6 is 22.5 Å². The number of aromatic nitrogens is 3. The fourth-order valence-electron chi connectivity index (χ4n) is 1.63. The molecule has 0 unspecified atom stereocenters. The fraction of sp³-hybridized carbons (Fsp3) is 0.818. The molecule has 3 nitrogen and oxygen atoms in total. The highest BCUT2D eigenvalue weighted by atomic mass is 33.1. The van der Waals surface area contributed by atoms with Crippen LogP contribution in [0.5, 0.6) is 0 Å². The molecule has 16 heavy (non-hydrogen) atoms. The van der Waals surface area contributed by atoms with Gasteiger partial charge in [0.1, 0.15) is 0 Å². The van der Waals surface area contributed by atoms with Gasteiger partial charge in [0.25, 0.3) is 0 Å². The van der Waals surface area contributed by atoms with Gasteiger partial charge in [0.2, 0.25) is 0 Å². The third-order valence-corrected chi connectivity index (χ3v) is 3.48. The minimum atomic E-state index is 0.802. The second-order valence-corrected chi connectivity index (χ2v) is 5.86. The Labute approximate surface area is 107 Å². The topological polar surface area (TPSA) is 30.7 Å². The van der Waals surface area contributed by atoms with Crippen molar-refractivity contribution in [3.63, 3.8) is 0 Å². The van der Waals surface area contributed by atoms with Gasteiger partial charge in [0.05, 0.1) is 11.9 Å². The summed E-state index contributed by atoms with van der Waals surface area (Å²) in [4.78, 5) is 0. The SMILES string of the molecule is CC(C)CCCCn1nncc1CCSS. The van der Waals surface area contributed by atoms with E-state index in [0.29, 0.717) is 0 Å². The lowest BCUT2D eigenvalue weighted by atomic mass is 10.1. The molecule has 0 saturated carbocycles.